The molecule has 1 nitrogen and oxygen atoms in total. The van der Waals surface area contributed by atoms with Crippen LogP contribution >= 0.6 is 11.9 Å². The Morgan fingerprint density at radius 1 is 1.62 bits per heavy atom. The molecule has 0 unspecified atom stereocenters. The van der Waals surface area contributed by atoms with Gasteiger partial charge < -0.3 is 0 Å². The Balaban J connectivity index is 3.72. The maximum absolute atomic E-state index is 5.33. The molecule has 0 fully saturated rings. The molecule has 0 aromatic rings. The van der Waals surface area contributed by atoms with Crippen LogP contribution in [0.5, 0.6) is 0 Å². The van der Waals surface area contributed by atoms with Gasteiger partial charge in [-0.25, -0.2) is 0 Å². The van der Waals surface area contributed by atoms with Gasteiger partial charge in [-0.2, -0.15) is 0 Å². The average molecular weight is 131 g/mol. The van der Waals surface area contributed by atoms with Crippen molar-refractivity contribution in [3.8, 4) is 0 Å². The number of rotatable bonds is 2. The normalized spacial score (nSPS) is 12.9. The summed E-state index contributed by atoms with van der Waals surface area (Å²) in [6.45, 7) is 6.28. The minimum absolute atomic E-state index is 0.579. The van der Waals surface area contributed by atoms with Crippen LogP contribution in [-0.2, 0) is 0 Å². The maximum atomic E-state index is 5.33. The standard InChI is InChI=1S/C6H13NS/c1-4-6(8-7)5(2)3/h4-5H,7H2,1-3H3/b6-4-. The van der Waals surface area contributed by atoms with Crippen LogP contribution in [-0.4, -0.2) is 0 Å². The van der Waals surface area contributed by atoms with Crippen LogP contribution in [0.2, 0.25) is 0 Å². The van der Waals surface area contributed by atoms with E-state index in [0.717, 1.165) is 0 Å². The second-order valence-electron chi connectivity index (χ2n) is 1.96. The number of hydrogen-bond acceptors (Lipinski definition) is 2. The first kappa shape index (κ1) is 8.05. The molecule has 0 spiro atoms. The molecule has 0 heterocycles. The summed E-state index contributed by atoms with van der Waals surface area (Å²) in [6, 6.07) is 0. The highest BCUT2D eigenvalue weighted by molar-refractivity contribution is 8.00. The van der Waals surface area contributed by atoms with Gasteiger partial charge >= 0.3 is 0 Å². The highest BCUT2D eigenvalue weighted by atomic mass is 32.2. The van der Waals surface area contributed by atoms with Crippen molar-refractivity contribution in [2.45, 2.75) is 20.8 Å². The van der Waals surface area contributed by atoms with Crippen molar-refractivity contribution < 1.29 is 0 Å². The maximum Gasteiger partial charge on any atom is -0.00161 e. The minimum Gasteiger partial charge on any atom is -0.274 e. The molecule has 0 aliphatic heterocycles. The van der Waals surface area contributed by atoms with Crippen LogP contribution < -0.4 is 5.14 Å². The highest BCUT2D eigenvalue weighted by Gasteiger charge is 1.97. The molecular formula is C6H13NS. The van der Waals surface area contributed by atoms with Crippen LogP contribution in [0.3, 0.4) is 0 Å². The van der Waals surface area contributed by atoms with Gasteiger partial charge in [0.05, 0.1) is 0 Å². The summed E-state index contributed by atoms with van der Waals surface area (Å²) >= 11 is 1.34. The number of nitrogens with two attached hydrogens (primary N) is 1. The van der Waals surface area contributed by atoms with Crippen LogP contribution in [0.25, 0.3) is 0 Å². The molecule has 0 aliphatic rings. The van der Waals surface area contributed by atoms with Gasteiger partial charge in [0.15, 0.2) is 0 Å². The molecule has 8 heavy (non-hydrogen) atoms. The molecule has 0 aromatic heterocycles. The minimum atomic E-state index is 0.579. The zero-order valence-corrected chi connectivity index (χ0v) is 6.46. The lowest BCUT2D eigenvalue weighted by Crippen LogP contribution is -1.91. The molecule has 2 heteroatoms. The topological polar surface area (TPSA) is 26.0 Å². The van der Waals surface area contributed by atoms with Crippen LogP contribution in [0.1, 0.15) is 20.8 Å². The van der Waals surface area contributed by atoms with Gasteiger partial charge in [0.2, 0.25) is 0 Å². The number of hydrogen-bond donors (Lipinski definition) is 1. The summed E-state index contributed by atoms with van der Waals surface area (Å²) in [5.41, 5.74) is 0. The Labute approximate surface area is 55.5 Å². The molecule has 0 radical (unpaired) electrons. The smallest absolute Gasteiger partial charge is 0.00161 e. The first-order valence-electron chi connectivity index (χ1n) is 2.75. The van der Waals surface area contributed by atoms with Gasteiger partial charge in [-0.15, -0.1) is 0 Å². The third-order valence-corrected chi connectivity index (χ3v) is 1.97. The molecule has 0 rings (SSSR count). The lowest BCUT2D eigenvalue weighted by Gasteiger charge is -2.04. The largest absolute Gasteiger partial charge is 0.274 e. The second kappa shape index (κ2) is 3.98. The summed E-state index contributed by atoms with van der Waals surface area (Å²) in [5, 5.41) is 5.33. The molecule has 0 atom stereocenters. The van der Waals surface area contributed by atoms with Crippen molar-refractivity contribution in [3.63, 3.8) is 0 Å². The van der Waals surface area contributed by atoms with Gasteiger partial charge in [0.25, 0.3) is 0 Å². The van der Waals surface area contributed by atoms with Gasteiger partial charge in [-0.1, -0.05) is 31.9 Å². The SMILES string of the molecule is C/C=C(\SN)C(C)C. The molecular weight excluding hydrogens is 118 g/mol. The lowest BCUT2D eigenvalue weighted by molar-refractivity contribution is 0.815. The Hall–Kier alpha value is 0.0500. The predicted molar refractivity (Wildman–Crippen MR) is 40.4 cm³/mol. The first-order valence-corrected chi connectivity index (χ1v) is 3.63. The van der Waals surface area contributed by atoms with E-state index in [1.165, 1.54) is 16.9 Å². The molecule has 0 bridgehead atoms. The quantitative estimate of drug-likeness (QED) is 0.581. The van der Waals surface area contributed by atoms with Crippen molar-refractivity contribution in [1.29, 1.82) is 0 Å². The Bertz CT molecular complexity index is 86.5. The summed E-state index contributed by atoms with van der Waals surface area (Å²) in [6.07, 6.45) is 2.05. The van der Waals surface area contributed by atoms with Gasteiger partial charge in [0.1, 0.15) is 0 Å². The summed E-state index contributed by atoms with van der Waals surface area (Å²) in [4.78, 5) is 1.25. The summed E-state index contributed by atoms with van der Waals surface area (Å²) in [7, 11) is 0. The van der Waals surface area contributed by atoms with Crippen molar-refractivity contribution in [3.05, 3.63) is 11.0 Å². The first-order chi connectivity index (χ1) is 3.72. The summed E-state index contributed by atoms with van der Waals surface area (Å²) in [5.74, 6) is 0.579. The Kier molecular flexibility index (Phi) is 4.01. The lowest BCUT2D eigenvalue weighted by atomic mass is 10.2. The molecule has 0 aliphatic carbocycles. The highest BCUT2D eigenvalue weighted by Crippen LogP contribution is 2.17. The fraction of sp³-hybridized carbons (Fsp3) is 0.667. The molecule has 0 aromatic carbocycles. The zero-order valence-electron chi connectivity index (χ0n) is 5.64. The molecule has 0 amide bonds. The van der Waals surface area contributed by atoms with Crippen molar-refractivity contribution in [1.82, 2.24) is 0 Å². The average Bonchev–Trinajstić information content (AvgIpc) is 1.69. The van der Waals surface area contributed by atoms with Crippen LogP contribution in [0.4, 0.5) is 0 Å². The number of allylic oxidation sites excluding steroid dienone is 2. The van der Waals surface area contributed by atoms with Gasteiger partial charge in [-0.3, -0.25) is 5.14 Å². The molecule has 2 N–H and O–H groups in total. The van der Waals surface area contributed by atoms with Crippen molar-refractivity contribution in [2.24, 2.45) is 11.1 Å². The predicted octanol–water partition coefficient (Wildman–Crippen LogP) is 2.15. The van der Waals surface area contributed by atoms with E-state index in [0.29, 0.717) is 5.92 Å². The Morgan fingerprint density at radius 3 is 2.12 bits per heavy atom. The van der Waals surface area contributed by atoms with E-state index in [1.807, 2.05) is 6.92 Å². The fourth-order valence-electron chi connectivity index (χ4n) is 0.537. The van der Waals surface area contributed by atoms with E-state index in [2.05, 4.69) is 19.9 Å². The summed E-state index contributed by atoms with van der Waals surface area (Å²) < 4.78 is 0. The van der Waals surface area contributed by atoms with E-state index >= 15 is 0 Å². The van der Waals surface area contributed by atoms with Crippen LogP contribution in [0.15, 0.2) is 11.0 Å². The van der Waals surface area contributed by atoms with Gasteiger partial charge in [-0.05, 0) is 17.7 Å². The molecule has 0 saturated carbocycles. The van der Waals surface area contributed by atoms with Crippen LogP contribution in [0, 0.1) is 5.92 Å². The van der Waals surface area contributed by atoms with Crippen molar-refractivity contribution >= 4 is 11.9 Å². The van der Waals surface area contributed by atoms with E-state index < -0.39 is 0 Å². The molecule has 48 valence electrons. The van der Waals surface area contributed by atoms with E-state index in [9.17, 15) is 0 Å². The van der Waals surface area contributed by atoms with E-state index in [4.69, 9.17) is 5.14 Å². The zero-order chi connectivity index (χ0) is 6.57. The second-order valence-corrected chi connectivity index (χ2v) is 2.67. The third-order valence-electron chi connectivity index (χ3n) is 0.990. The third kappa shape index (κ3) is 2.38. The molecule has 0 saturated heterocycles. The fourth-order valence-corrected chi connectivity index (χ4v) is 0.946. The van der Waals surface area contributed by atoms with Gasteiger partial charge in [0, 0.05) is 0 Å². The monoisotopic (exact) mass is 131 g/mol. The van der Waals surface area contributed by atoms with E-state index in [1.54, 1.807) is 0 Å². The van der Waals surface area contributed by atoms with E-state index in [-0.39, 0.29) is 0 Å². The van der Waals surface area contributed by atoms with Crippen molar-refractivity contribution in [2.75, 3.05) is 0 Å². The Morgan fingerprint density at radius 2 is 2.12 bits per heavy atom.